The Morgan fingerprint density at radius 3 is 2.37 bits per heavy atom. The molecule has 9 nitrogen and oxygen atoms in total. The van der Waals surface area contributed by atoms with Gasteiger partial charge in [0, 0.05) is 5.69 Å². The fourth-order valence-electron chi connectivity index (χ4n) is 3.20. The van der Waals surface area contributed by atoms with Crippen LogP contribution >= 0.6 is 11.8 Å². The molecule has 4 aromatic rings. The summed E-state index contributed by atoms with van der Waals surface area (Å²) in [5.41, 5.74) is 1.34. The van der Waals surface area contributed by atoms with Crippen LogP contribution in [0.2, 0.25) is 0 Å². The molecule has 0 aliphatic carbocycles. The summed E-state index contributed by atoms with van der Waals surface area (Å²) >= 11 is 1.12. The van der Waals surface area contributed by atoms with Crippen LogP contribution in [0.25, 0.3) is 17.1 Å². The Morgan fingerprint density at radius 2 is 1.74 bits per heavy atom. The summed E-state index contributed by atoms with van der Waals surface area (Å²) in [4.78, 5) is 12.5. The number of primary sulfonamides is 1. The van der Waals surface area contributed by atoms with E-state index in [-0.39, 0.29) is 27.9 Å². The van der Waals surface area contributed by atoms with E-state index < -0.39 is 15.8 Å². The van der Waals surface area contributed by atoms with Crippen molar-refractivity contribution < 1.29 is 22.3 Å². The first-order valence-corrected chi connectivity index (χ1v) is 12.7. The number of nitrogens with zero attached hydrogens (tertiary/aromatic N) is 3. The van der Waals surface area contributed by atoms with Gasteiger partial charge >= 0.3 is 0 Å². The largest absolute Gasteiger partial charge is 0.497 e. The number of aromatic nitrogens is 3. The minimum Gasteiger partial charge on any atom is -0.497 e. The Labute approximate surface area is 205 Å². The second kappa shape index (κ2) is 10.3. The second-order valence-corrected chi connectivity index (χ2v) is 9.73. The van der Waals surface area contributed by atoms with E-state index in [0.717, 1.165) is 11.8 Å². The summed E-state index contributed by atoms with van der Waals surface area (Å²) in [6.45, 7) is 0. The maximum absolute atomic E-state index is 14.5. The molecule has 0 unspecified atom stereocenters. The van der Waals surface area contributed by atoms with Gasteiger partial charge < -0.3 is 10.1 Å². The van der Waals surface area contributed by atoms with Crippen molar-refractivity contribution in [2.24, 2.45) is 5.14 Å². The highest BCUT2D eigenvalue weighted by Crippen LogP contribution is 2.30. The highest BCUT2D eigenvalue weighted by molar-refractivity contribution is 7.99. The zero-order chi connectivity index (χ0) is 25.0. The lowest BCUT2D eigenvalue weighted by Crippen LogP contribution is -2.15. The van der Waals surface area contributed by atoms with Crippen molar-refractivity contribution in [3.05, 3.63) is 78.6 Å². The molecule has 0 radical (unpaired) electrons. The van der Waals surface area contributed by atoms with Crippen molar-refractivity contribution in [1.82, 2.24) is 14.8 Å². The first-order valence-electron chi connectivity index (χ1n) is 10.2. The summed E-state index contributed by atoms with van der Waals surface area (Å²) in [5.74, 6) is 0.107. The molecule has 1 heterocycles. The first kappa shape index (κ1) is 24.4. The Morgan fingerprint density at radius 1 is 1.06 bits per heavy atom. The van der Waals surface area contributed by atoms with Crippen molar-refractivity contribution in [3.63, 3.8) is 0 Å². The van der Waals surface area contributed by atoms with E-state index in [9.17, 15) is 17.6 Å². The monoisotopic (exact) mass is 513 g/mol. The Balaban J connectivity index is 1.57. The molecule has 180 valence electrons. The minimum absolute atomic E-state index is 0.0253. The number of nitrogens with one attached hydrogen (secondary N) is 1. The molecule has 0 saturated carbocycles. The van der Waals surface area contributed by atoms with Crippen LogP contribution in [0.1, 0.15) is 0 Å². The number of methoxy groups -OCH3 is 1. The highest BCUT2D eigenvalue weighted by Gasteiger charge is 2.19. The predicted molar refractivity (Wildman–Crippen MR) is 130 cm³/mol. The second-order valence-electron chi connectivity index (χ2n) is 7.23. The summed E-state index contributed by atoms with van der Waals surface area (Å²) in [7, 11) is -2.27. The number of amides is 1. The van der Waals surface area contributed by atoms with Gasteiger partial charge in [0.2, 0.25) is 15.9 Å². The number of carbonyl (C=O) groups excluding carboxylic acids is 1. The molecule has 3 N–H and O–H groups in total. The van der Waals surface area contributed by atoms with Crippen LogP contribution < -0.4 is 15.2 Å². The number of halogens is 1. The van der Waals surface area contributed by atoms with Gasteiger partial charge in [-0.2, -0.15) is 0 Å². The van der Waals surface area contributed by atoms with E-state index in [1.165, 1.54) is 30.3 Å². The third kappa shape index (κ3) is 5.67. The lowest BCUT2D eigenvalue weighted by atomic mass is 10.2. The molecule has 0 aliphatic rings. The molecule has 1 aromatic heterocycles. The first-order chi connectivity index (χ1) is 16.8. The number of rotatable bonds is 8. The molecular weight excluding hydrogens is 493 g/mol. The Bertz CT molecular complexity index is 1460. The fraction of sp³-hybridized carbons (Fsp3) is 0.0870. The molecule has 1 amide bonds. The number of benzene rings is 3. The summed E-state index contributed by atoms with van der Waals surface area (Å²) in [5, 5.41) is 16.5. The molecule has 0 atom stereocenters. The van der Waals surface area contributed by atoms with Crippen LogP contribution in [0.3, 0.4) is 0 Å². The molecular formula is C23H20FN5O4S2. The number of ether oxygens (including phenoxy) is 1. The van der Waals surface area contributed by atoms with Crippen LogP contribution in [0.15, 0.2) is 82.8 Å². The third-order valence-electron chi connectivity index (χ3n) is 4.88. The standard InChI is InChI=1S/C23H20FN5O4S2/c1-33-17-10-8-16(9-11-17)29-22(19-4-2-3-5-20(19)24)27-28-23(29)34-14-21(30)26-15-6-12-18(13-7-15)35(25,31)32/h2-13H,14H2,1H3,(H,26,30)(H2,25,31,32). The van der Waals surface area contributed by atoms with Crippen molar-refractivity contribution in [1.29, 1.82) is 0 Å². The van der Waals surface area contributed by atoms with Gasteiger partial charge in [-0.15, -0.1) is 10.2 Å². The lowest BCUT2D eigenvalue weighted by molar-refractivity contribution is -0.113. The number of carbonyl (C=O) groups is 1. The molecule has 0 spiro atoms. The topological polar surface area (TPSA) is 129 Å². The van der Waals surface area contributed by atoms with E-state index in [0.29, 0.717) is 22.3 Å². The van der Waals surface area contributed by atoms with Gasteiger partial charge in [0.15, 0.2) is 11.0 Å². The maximum Gasteiger partial charge on any atom is 0.238 e. The average molecular weight is 514 g/mol. The van der Waals surface area contributed by atoms with Crippen LogP contribution in [0.5, 0.6) is 5.75 Å². The lowest BCUT2D eigenvalue weighted by Gasteiger charge is -2.12. The molecule has 3 aromatic carbocycles. The summed E-state index contributed by atoms with van der Waals surface area (Å²) < 4.78 is 44.2. The Kier molecular flexibility index (Phi) is 7.15. The zero-order valence-corrected chi connectivity index (χ0v) is 20.0. The van der Waals surface area contributed by atoms with Gasteiger partial charge in [0.1, 0.15) is 11.6 Å². The van der Waals surface area contributed by atoms with E-state index in [4.69, 9.17) is 9.88 Å². The molecule has 4 rings (SSSR count). The van der Waals surface area contributed by atoms with Gasteiger partial charge in [-0.1, -0.05) is 23.9 Å². The van der Waals surface area contributed by atoms with Crippen LogP contribution in [0.4, 0.5) is 10.1 Å². The molecule has 0 fully saturated rings. The number of hydrogen-bond donors (Lipinski definition) is 2. The number of nitrogens with two attached hydrogens (primary N) is 1. The zero-order valence-electron chi connectivity index (χ0n) is 18.4. The van der Waals surface area contributed by atoms with Crippen LogP contribution in [0, 0.1) is 5.82 Å². The SMILES string of the molecule is COc1ccc(-n2c(SCC(=O)Nc3ccc(S(N)(=O)=O)cc3)nnc2-c2ccccc2F)cc1. The number of hydrogen-bond acceptors (Lipinski definition) is 7. The molecule has 0 bridgehead atoms. The number of anilines is 1. The van der Waals surface area contributed by atoms with Gasteiger partial charge in [0.05, 0.1) is 29.0 Å². The van der Waals surface area contributed by atoms with Gasteiger partial charge in [-0.25, -0.2) is 17.9 Å². The van der Waals surface area contributed by atoms with E-state index >= 15 is 0 Å². The summed E-state index contributed by atoms with van der Waals surface area (Å²) in [6.07, 6.45) is 0. The van der Waals surface area contributed by atoms with Crippen molar-refractivity contribution in [2.75, 3.05) is 18.2 Å². The smallest absolute Gasteiger partial charge is 0.238 e. The summed E-state index contributed by atoms with van der Waals surface area (Å²) in [6, 6.07) is 18.8. The average Bonchev–Trinajstić information content (AvgIpc) is 3.26. The van der Waals surface area contributed by atoms with E-state index in [1.807, 2.05) is 0 Å². The minimum atomic E-state index is -3.82. The fourth-order valence-corrected chi connectivity index (χ4v) is 4.47. The predicted octanol–water partition coefficient (Wildman–Crippen LogP) is 3.46. The molecule has 0 saturated heterocycles. The number of thioether (sulfide) groups is 1. The molecule has 0 aliphatic heterocycles. The maximum atomic E-state index is 14.5. The highest BCUT2D eigenvalue weighted by atomic mass is 32.2. The van der Waals surface area contributed by atoms with Crippen molar-refractivity contribution in [2.45, 2.75) is 10.1 Å². The van der Waals surface area contributed by atoms with Crippen LogP contribution in [-0.4, -0.2) is 42.0 Å². The number of sulfonamides is 1. The molecule has 12 heteroatoms. The van der Waals surface area contributed by atoms with E-state index in [1.54, 1.807) is 54.1 Å². The molecule has 35 heavy (non-hydrogen) atoms. The van der Waals surface area contributed by atoms with Gasteiger partial charge in [-0.3, -0.25) is 9.36 Å². The quantitative estimate of drug-likeness (QED) is 0.345. The van der Waals surface area contributed by atoms with Gasteiger partial charge in [0.25, 0.3) is 0 Å². The Hall–Kier alpha value is -3.74. The van der Waals surface area contributed by atoms with Crippen molar-refractivity contribution in [3.8, 4) is 22.8 Å². The van der Waals surface area contributed by atoms with Crippen LogP contribution in [-0.2, 0) is 14.8 Å². The van der Waals surface area contributed by atoms with Crippen molar-refractivity contribution >= 4 is 33.4 Å². The third-order valence-corrected chi connectivity index (χ3v) is 6.74. The van der Waals surface area contributed by atoms with Gasteiger partial charge in [-0.05, 0) is 60.7 Å². The van der Waals surface area contributed by atoms with E-state index in [2.05, 4.69) is 15.5 Å². The normalized spacial score (nSPS) is 11.3.